The van der Waals surface area contributed by atoms with E-state index in [9.17, 15) is 9.90 Å². The van der Waals surface area contributed by atoms with Crippen LogP contribution >= 0.6 is 11.3 Å². The van der Waals surface area contributed by atoms with Gasteiger partial charge in [0.1, 0.15) is 5.75 Å². The first kappa shape index (κ1) is 12.3. The highest BCUT2D eigenvalue weighted by Gasteiger charge is 2.28. The summed E-state index contributed by atoms with van der Waals surface area (Å²) in [5.41, 5.74) is 0. The summed E-state index contributed by atoms with van der Waals surface area (Å²) in [5.74, 6) is 0.618. The normalized spacial score (nSPS) is 20.4. The number of rotatable bonds is 3. The van der Waals surface area contributed by atoms with Crippen LogP contribution < -0.4 is 4.74 Å². The smallest absolute Gasteiger partial charge is 0.264 e. The second-order valence-corrected chi connectivity index (χ2v) is 4.67. The van der Waals surface area contributed by atoms with Crippen molar-refractivity contribution in [3.63, 3.8) is 0 Å². The summed E-state index contributed by atoms with van der Waals surface area (Å²) in [4.78, 5) is 14.5. The molecule has 0 spiro atoms. The van der Waals surface area contributed by atoms with E-state index in [0.717, 1.165) is 0 Å². The number of carbonyl (C=O) groups excluding carboxylic acids is 1. The molecule has 1 aromatic heterocycles. The molecule has 1 aromatic rings. The van der Waals surface area contributed by atoms with Gasteiger partial charge in [0.2, 0.25) is 0 Å². The Bertz CT molecular complexity index is 393. The molecule has 2 rings (SSSR count). The van der Waals surface area contributed by atoms with Crippen molar-refractivity contribution in [3.05, 3.63) is 16.3 Å². The average Bonchev–Trinajstić information content (AvgIpc) is 2.86. The number of hydrogen-bond donors (Lipinski definition) is 1. The molecule has 0 aliphatic carbocycles. The number of carbonyl (C=O) groups is 1. The molecule has 5 nitrogen and oxygen atoms in total. The lowest BCUT2D eigenvalue weighted by molar-refractivity contribution is -0.0181. The van der Waals surface area contributed by atoms with Gasteiger partial charge in [-0.1, -0.05) is 0 Å². The fraction of sp³-hybridized carbons (Fsp3) is 0.545. The zero-order valence-corrected chi connectivity index (χ0v) is 10.4. The Morgan fingerprint density at radius 1 is 1.76 bits per heavy atom. The average molecular weight is 257 g/mol. The van der Waals surface area contributed by atoms with Crippen LogP contribution in [0.3, 0.4) is 0 Å². The van der Waals surface area contributed by atoms with E-state index >= 15 is 0 Å². The molecule has 17 heavy (non-hydrogen) atoms. The second-order valence-electron chi connectivity index (χ2n) is 3.76. The fourth-order valence-electron chi connectivity index (χ4n) is 1.75. The van der Waals surface area contributed by atoms with Crippen molar-refractivity contribution < 1.29 is 19.4 Å². The lowest BCUT2D eigenvalue weighted by Crippen LogP contribution is -2.50. The summed E-state index contributed by atoms with van der Waals surface area (Å²) < 4.78 is 10.3. The fourth-order valence-corrected chi connectivity index (χ4v) is 2.56. The molecule has 1 fully saturated rings. The van der Waals surface area contributed by atoms with Crippen molar-refractivity contribution in [1.82, 2.24) is 4.90 Å². The maximum atomic E-state index is 12.2. The van der Waals surface area contributed by atoms with Crippen molar-refractivity contribution in [2.75, 3.05) is 33.5 Å². The number of aliphatic hydroxyl groups excluding tert-OH is 1. The summed E-state index contributed by atoms with van der Waals surface area (Å²) in [6.45, 7) is 1.36. The van der Waals surface area contributed by atoms with E-state index in [-0.39, 0.29) is 18.6 Å². The van der Waals surface area contributed by atoms with E-state index in [1.54, 1.807) is 23.5 Å². The molecule has 0 bridgehead atoms. The zero-order chi connectivity index (χ0) is 12.3. The maximum Gasteiger partial charge on any atom is 0.264 e. The monoisotopic (exact) mass is 257 g/mol. The molecule has 1 unspecified atom stereocenters. The van der Waals surface area contributed by atoms with Crippen LogP contribution in [0, 0.1) is 0 Å². The molecule has 1 aliphatic heterocycles. The first-order valence-electron chi connectivity index (χ1n) is 5.38. The first-order valence-corrected chi connectivity index (χ1v) is 6.26. The topological polar surface area (TPSA) is 59.0 Å². The molecule has 6 heteroatoms. The number of methoxy groups -OCH3 is 1. The van der Waals surface area contributed by atoms with Crippen LogP contribution in [0.1, 0.15) is 9.67 Å². The number of morpholine rings is 1. The quantitative estimate of drug-likeness (QED) is 0.861. The highest BCUT2D eigenvalue weighted by atomic mass is 32.1. The number of hydrogen-bond acceptors (Lipinski definition) is 5. The number of nitrogens with zero attached hydrogens (tertiary/aromatic N) is 1. The van der Waals surface area contributed by atoms with Gasteiger partial charge in [-0.05, 0) is 0 Å². The van der Waals surface area contributed by atoms with Gasteiger partial charge in [-0.3, -0.25) is 4.79 Å². The first-order chi connectivity index (χ1) is 8.26. The molecular weight excluding hydrogens is 242 g/mol. The minimum absolute atomic E-state index is 0.0688. The molecule has 2 heterocycles. The van der Waals surface area contributed by atoms with Gasteiger partial charge in [-0.25, -0.2) is 0 Å². The third-order valence-corrected chi connectivity index (χ3v) is 3.62. The van der Waals surface area contributed by atoms with Crippen molar-refractivity contribution in [3.8, 4) is 5.75 Å². The maximum absolute atomic E-state index is 12.2. The third kappa shape index (κ3) is 2.59. The molecule has 1 aliphatic rings. The van der Waals surface area contributed by atoms with Crippen LogP contribution in [-0.2, 0) is 4.74 Å². The van der Waals surface area contributed by atoms with E-state index in [1.807, 2.05) is 0 Å². The van der Waals surface area contributed by atoms with Crippen LogP contribution in [0.25, 0.3) is 0 Å². The van der Waals surface area contributed by atoms with Crippen LogP contribution in [0.2, 0.25) is 0 Å². The summed E-state index contributed by atoms with van der Waals surface area (Å²) in [6, 6.07) is 1.47. The minimum Gasteiger partial charge on any atom is -0.496 e. The summed E-state index contributed by atoms with van der Waals surface area (Å²) in [5, 5.41) is 11.0. The van der Waals surface area contributed by atoms with Crippen LogP contribution in [0.5, 0.6) is 5.75 Å². The van der Waals surface area contributed by atoms with Crippen LogP contribution in [0.15, 0.2) is 11.4 Å². The molecule has 0 aromatic carbocycles. The Hall–Kier alpha value is -1.11. The van der Waals surface area contributed by atoms with Crippen molar-refractivity contribution in [1.29, 1.82) is 0 Å². The van der Waals surface area contributed by atoms with Gasteiger partial charge in [0.05, 0.1) is 37.8 Å². The summed E-state index contributed by atoms with van der Waals surface area (Å²) in [6.07, 6.45) is 0. The minimum atomic E-state index is -0.246. The van der Waals surface area contributed by atoms with Gasteiger partial charge in [0.15, 0.2) is 0 Å². The largest absolute Gasteiger partial charge is 0.496 e. The second kappa shape index (κ2) is 5.48. The lowest BCUT2D eigenvalue weighted by Gasteiger charge is -2.34. The van der Waals surface area contributed by atoms with Crippen LogP contribution in [0.4, 0.5) is 0 Å². The summed E-state index contributed by atoms with van der Waals surface area (Å²) in [7, 11) is 1.57. The van der Waals surface area contributed by atoms with Gasteiger partial charge < -0.3 is 19.5 Å². The van der Waals surface area contributed by atoms with Crippen LogP contribution in [-0.4, -0.2) is 55.4 Å². The van der Waals surface area contributed by atoms with E-state index in [0.29, 0.717) is 30.4 Å². The number of thiophene rings is 1. The van der Waals surface area contributed by atoms with E-state index in [1.165, 1.54) is 11.3 Å². The molecule has 1 N–H and O–H groups in total. The molecule has 1 amide bonds. The predicted octanol–water partition coefficient (Wildman–Crippen LogP) is 0.590. The Balaban J connectivity index is 2.12. The number of ether oxygens (including phenoxy) is 2. The molecule has 0 saturated carbocycles. The Morgan fingerprint density at radius 2 is 2.59 bits per heavy atom. The highest BCUT2D eigenvalue weighted by molar-refractivity contribution is 7.12. The lowest BCUT2D eigenvalue weighted by atomic mass is 10.2. The van der Waals surface area contributed by atoms with Gasteiger partial charge in [-0.2, -0.15) is 0 Å². The standard InChI is InChI=1S/C11H15NO4S/c1-15-9-4-10(17-7-9)11(14)12-2-3-16-6-8(12)5-13/h4,7-8,13H,2-3,5-6H2,1H3. The van der Waals surface area contributed by atoms with E-state index in [2.05, 4.69) is 0 Å². The SMILES string of the molecule is COc1csc(C(=O)N2CCOCC2CO)c1. The Labute approximate surface area is 104 Å². The summed E-state index contributed by atoms with van der Waals surface area (Å²) >= 11 is 1.35. The number of aliphatic hydroxyl groups is 1. The third-order valence-electron chi connectivity index (χ3n) is 2.72. The molecular formula is C11H15NO4S. The zero-order valence-electron chi connectivity index (χ0n) is 9.59. The molecule has 0 radical (unpaired) electrons. The Morgan fingerprint density at radius 3 is 3.24 bits per heavy atom. The molecule has 1 atom stereocenters. The van der Waals surface area contributed by atoms with Gasteiger partial charge in [-0.15, -0.1) is 11.3 Å². The van der Waals surface area contributed by atoms with Gasteiger partial charge in [0, 0.05) is 18.0 Å². The number of amides is 1. The van der Waals surface area contributed by atoms with E-state index in [4.69, 9.17) is 9.47 Å². The van der Waals surface area contributed by atoms with Gasteiger partial charge >= 0.3 is 0 Å². The van der Waals surface area contributed by atoms with E-state index < -0.39 is 0 Å². The van der Waals surface area contributed by atoms with Crippen molar-refractivity contribution >= 4 is 17.2 Å². The van der Waals surface area contributed by atoms with Crippen molar-refractivity contribution in [2.45, 2.75) is 6.04 Å². The molecule has 94 valence electrons. The van der Waals surface area contributed by atoms with Crippen molar-refractivity contribution in [2.24, 2.45) is 0 Å². The molecule has 1 saturated heterocycles. The predicted molar refractivity (Wildman–Crippen MR) is 63.6 cm³/mol. The van der Waals surface area contributed by atoms with Gasteiger partial charge in [0.25, 0.3) is 5.91 Å². The highest BCUT2D eigenvalue weighted by Crippen LogP contribution is 2.23. The Kier molecular flexibility index (Phi) is 3.98.